The predicted octanol–water partition coefficient (Wildman–Crippen LogP) is -0.151. The average molecular weight is 475 g/mol. The number of hydrogen-bond acceptors (Lipinski definition) is 9. The number of ether oxygens (including phenoxy) is 3. The van der Waals surface area contributed by atoms with Gasteiger partial charge in [-0.3, -0.25) is 4.79 Å². The van der Waals surface area contributed by atoms with Crippen molar-refractivity contribution in [3.8, 4) is 0 Å². The van der Waals surface area contributed by atoms with Crippen molar-refractivity contribution in [1.29, 1.82) is 0 Å². The van der Waals surface area contributed by atoms with Gasteiger partial charge in [-0.1, -0.05) is 0 Å². The Morgan fingerprint density at radius 3 is 2.47 bits per heavy atom. The molecule has 14 heteroatoms. The molecule has 32 heavy (non-hydrogen) atoms. The summed E-state index contributed by atoms with van der Waals surface area (Å²) in [7, 11) is 2.68. The molecule has 0 aromatic heterocycles. The second-order valence-electron chi connectivity index (χ2n) is 8.00. The number of halogens is 4. The molecule has 0 spiro atoms. The normalized spacial score (nSPS) is 35.8. The number of carbonyl (C=O) groups excluding carboxylic acids is 1. The van der Waals surface area contributed by atoms with Crippen LogP contribution in [-0.4, -0.2) is 104 Å². The van der Waals surface area contributed by atoms with Crippen LogP contribution in [0.2, 0.25) is 0 Å². The molecule has 188 valence electrons. The summed E-state index contributed by atoms with van der Waals surface area (Å²) >= 11 is 0. The van der Waals surface area contributed by atoms with Crippen molar-refractivity contribution < 1.29 is 42.0 Å². The molecule has 0 radical (unpaired) electrons. The van der Waals surface area contributed by atoms with Gasteiger partial charge in [0.15, 0.2) is 6.29 Å². The van der Waals surface area contributed by atoms with E-state index >= 15 is 0 Å². The number of carbonyl (C=O) groups is 1. The highest BCUT2D eigenvalue weighted by molar-refractivity contribution is 5.78. The van der Waals surface area contributed by atoms with Gasteiger partial charge in [0.1, 0.15) is 18.8 Å². The van der Waals surface area contributed by atoms with Gasteiger partial charge in [0.05, 0.1) is 36.9 Å². The van der Waals surface area contributed by atoms with Crippen LogP contribution in [-0.2, 0) is 19.0 Å². The van der Waals surface area contributed by atoms with Crippen LogP contribution in [0.4, 0.5) is 17.9 Å². The molecule has 1 aliphatic heterocycles. The Hall–Kier alpha value is -1.13. The third-order valence-corrected chi connectivity index (χ3v) is 6.08. The zero-order valence-corrected chi connectivity index (χ0v) is 18.3. The Bertz CT molecular complexity index is 586. The lowest BCUT2D eigenvalue weighted by atomic mass is 9.83. The van der Waals surface area contributed by atoms with Gasteiger partial charge >= 0.3 is 0 Å². The molecule has 0 aromatic carbocycles. The van der Waals surface area contributed by atoms with Crippen LogP contribution in [0.1, 0.15) is 26.2 Å². The first-order valence-electron chi connectivity index (χ1n) is 10.5. The molecule has 1 saturated heterocycles. The van der Waals surface area contributed by atoms with E-state index in [9.17, 15) is 27.8 Å². The van der Waals surface area contributed by atoms with Gasteiger partial charge in [0, 0.05) is 20.7 Å². The van der Waals surface area contributed by atoms with Crippen molar-refractivity contribution in [2.75, 3.05) is 33.8 Å². The Kier molecular flexibility index (Phi) is 11.0. The van der Waals surface area contributed by atoms with Crippen LogP contribution in [0.25, 0.3) is 0 Å². The third kappa shape index (κ3) is 6.47. The number of methoxy groups -OCH3 is 1. The molecule has 2 rings (SSSR count). The fourth-order valence-corrected chi connectivity index (χ4v) is 4.25. The lowest BCUT2D eigenvalue weighted by molar-refractivity contribution is -0.271. The number of aliphatic hydroxyl groups excluding tert-OH is 1. The van der Waals surface area contributed by atoms with Gasteiger partial charge in [-0.25, -0.2) is 0 Å². The van der Waals surface area contributed by atoms with Crippen molar-refractivity contribution in [3.63, 3.8) is 0 Å². The summed E-state index contributed by atoms with van der Waals surface area (Å²) in [6.07, 6.45) is -4.83. The summed E-state index contributed by atoms with van der Waals surface area (Å²) in [5.74, 6) is -0.677. The van der Waals surface area contributed by atoms with Gasteiger partial charge in [-0.15, -0.1) is 28.6 Å². The average Bonchev–Trinajstić information content (AvgIpc) is 2.79. The molecule has 2 aliphatic rings. The summed E-state index contributed by atoms with van der Waals surface area (Å²) in [4.78, 5) is 13.3. The van der Waals surface area contributed by atoms with Gasteiger partial charge in [-0.05, 0) is 26.2 Å². The van der Waals surface area contributed by atoms with Gasteiger partial charge in [0.25, 0.3) is 0 Å². The SMILES string of the molecule is CCN(F)CC1CC[C@H](NF)C(OC2C(NF)CC(OC)C(N(C)C(=O)CNF)C2O)O1. The molecule has 0 bridgehead atoms. The Morgan fingerprint density at radius 2 is 1.91 bits per heavy atom. The lowest BCUT2D eigenvalue weighted by Crippen LogP contribution is -2.67. The van der Waals surface area contributed by atoms with E-state index in [1.54, 1.807) is 18.0 Å². The largest absolute Gasteiger partial charge is 0.388 e. The summed E-state index contributed by atoms with van der Waals surface area (Å²) in [6.45, 7) is 1.07. The van der Waals surface area contributed by atoms with E-state index < -0.39 is 61.3 Å². The molecule has 1 saturated carbocycles. The van der Waals surface area contributed by atoms with E-state index in [0.29, 0.717) is 11.5 Å². The minimum atomic E-state index is -1.49. The molecule has 0 aromatic rings. The van der Waals surface area contributed by atoms with Crippen molar-refractivity contribution in [2.24, 2.45) is 0 Å². The van der Waals surface area contributed by atoms with E-state index in [1.165, 1.54) is 19.7 Å². The van der Waals surface area contributed by atoms with Gasteiger partial charge < -0.3 is 24.2 Å². The quantitative estimate of drug-likeness (QED) is 0.240. The second kappa shape index (κ2) is 12.9. The van der Waals surface area contributed by atoms with Crippen molar-refractivity contribution >= 4 is 5.91 Å². The first kappa shape index (κ1) is 27.1. The highest BCUT2D eigenvalue weighted by Gasteiger charge is 2.50. The maximum Gasteiger partial charge on any atom is 0.239 e. The molecule has 1 amide bonds. The molecule has 4 N–H and O–H groups in total. The van der Waals surface area contributed by atoms with Crippen LogP contribution in [0.15, 0.2) is 0 Å². The molecule has 2 fully saturated rings. The van der Waals surface area contributed by atoms with Gasteiger partial charge in [-0.2, -0.15) is 11.1 Å². The molecular weight excluding hydrogens is 442 g/mol. The summed E-state index contributed by atoms with van der Waals surface area (Å²) in [5.41, 5.74) is 4.38. The van der Waals surface area contributed by atoms with Gasteiger partial charge in [0.2, 0.25) is 5.91 Å². The maximum absolute atomic E-state index is 13.7. The van der Waals surface area contributed by atoms with Crippen molar-refractivity contribution in [1.82, 2.24) is 26.6 Å². The highest BCUT2D eigenvalue weighted by atomic mass is 19.2. The molecule has 8 atom stereocenters. The van der Waals surface area contributed by atoms with E-state index in [1.807, 2.05) is 0 Å². The molecule has 1 heterocycles. The van der Waals surface area contributed by atoms with Crippen molar-refractivity contribution in [3.05, 3.63) is 0 Å². The smallest absolute Gasteiger partial charge is 0.239 e. The first-order valence-corrected chi connectivity index (χ1v) is 10.5. The van der Waals surface area contributed by atoms with Crippen LogP contribution in [0.3, 0.4) is 0 Å². The predicted molar refractivity (Wildman–Crippen MR) is 104 cm³/mol. The van der Waals surface area contributed by atoms with Crippen LogP contribution in [0.5, 0.6) is 0 Å². The monoisotopic (exact) mass is 475 g/mol. The fraction of sp³-hybridized carbons (Fsp3) is 0.944. The zero-order chi connectivity index (χ0) is 23.8. The molecule has 10 nitrogen and oxygen atoms in total. The Morgan fingerprint density at radius 1 is 1.22 bits per heavy atom. The molecule has 7 unspecified atom stereocenters. The Labute approximate surface area is 184 Å². The summed E-state index contributed by atoms with van der Waals surface area (Å²) in [6, 6.07) is -3.01. The topological polar surface area (TPSA) is 108 Å². The highest BCUT2D eigenvalue weighted by Crippen LogP contribution is 2.32. The van der Waals surface area contributed by atoms with Crippen LogP contribution in [0, 0.1) is 0 Å². The first-order chi connectivity index (χ1) is 15.3. The van der Waals surface area contributed by atoms with Crippen LogP contribution < -0.4 is 16.6 Å². The fourth-order valence-electron chi connectivity index (χ4n) is 4.25. The number of likely N-dealkylation sites (N-methyl/N-ethyl adjacent to an activating group) is 2. The number of rotatable bonds is 11. The van der Waals surface area contributed by atoms with E-state index in [2.05, 4.69) is 0 Å². The van der Waals surface area contributed by atoms with Crippen LogP contribution >= 0.6 is 0 Å². The van der Waals surface area contributed by atoms with E-state index in [0.717, 1.165) is 4.90 Å². The number of hydrogen-bond donors (Lipinski definition) is 4. The lowest BCUT2D eigenvalue weighted by Gasteiger charge is -2.48. The number of aliphatic hydroxyl groups is 1. The molecular formula is C18H33F4N5O5. The van der Waals surface area contributed by atoms with Crippen molar-refractivity contribution in [2.45, 2.75) is 75.0 Å². The summed E-state index contributed by atoms with van der Waals surface area (Å²) < 4.78 is 69.9. The molecule has 1 aliphatic carbocycles. The van der Waals surface area contributed by atoms with E-state index in [4.69, 9.17) is 14.2 Å². The number of nitrogens with zero attached hydrogens (tertiary/aromatic N) is 2. The zero-order valence-electron chi connectivity index (χ0n) is 18.3. The minimum absolute atomic E-state index is 0.0158. The number of nitrogens with one attached hydrogen (secondary N) is 3. The number of amides is 1. The Balaban J connectivity index is 2.20. The maximum atomic E-state index is 13.7. The minimum Gasteiger partial charge on any atom is -0.388 e. The third-order valence-electron chi connectivity index (χ3n) is 6.08. The second-order valence-corrected chi connectivity index (χ2v) is 8.00. The summed E-state index contributed by atoms with van der Waals surface area (Å²) in [5, 5.41) is 11.5. The standard InChI is InChI=1S/C18H33F4N5O5/c1-4-27(22)9-10-5-6-11(24-20)18(31-10)32-17-12(25-21)7-13(30-3)15(16(17)29)26(2)14(28)8-23-19/h10-13,15-18,23-25,29H,4-9H2,1-3H3/t10?,11-,12?,13?,15?,16?,17?,18?/m0/s1. The van der Waals surface area contributed by atoms with E-state index in [-0.39, 0.29) is 25.9 Å².